The maximum absolute atomic E-state index is 6.10. The molecule has 2 aliphatic rings. The Morgan fingerprint density at radius 1 is 1.16 bits per heavy atom. The number of aromatic nitrogens is 6. The quantitative estimate of drug-likeness (QED) is 0.474. The number of ether oxygens (including phenoxy) is 1. The molecule has 9 heteroatoms. The van der Waals surface area contributed by atoms with Gasteiger partial charge in [0.1, 0.15) is 16.3 Å². The summed E-state index contributed by atoms with van der Waals surface area (Å²) in [5.41, 5.74) is 3.32. The van der Waals surface area contributed by atoms with Gasteiger partial charge < -0.3 is 9.64 Å². The predicted molar refractivity (Wildman–Crippen MR) is 124 cm³/mol. The van der Waals surface area contributed by atoms with Gasteiger partial charge in [0.2, 0.25) is 0 Å². The topological polar surface area (TPSA) is 81.9 Å². The second kappa shape index (κ2) is 8.22. The van der Waals surface area contributed by atoms with Gasteiger partial charge in [-0.3, -0.25) is 9.67 Å². The molecule has 0 amide bonds. The van der Waals surface area contributed by atoms with Crippen molar-refractivity contribution in [3.8, 4) is 11.5 Å². The lowest BCUT2D eigenvalue weighted by Crippen LogP contribution is -2.45. The van der Waals surface area contributed by atoms with E-state index in [2.05, 4.69) is 33.1 Å². The zero-order valence-electron chi connectivity index (χ0n) is 18.1. The molecule has 0 radical (unpaired) electrons. The van der Waals surface area contributed by atoms with Crippen molar-refractivity contribution in [2.45, 2.75) is 45.3 Å². The van der Waals surface area contributed by atoms with Crippen molar-refractivity contribution < 1.29 is 4.74 Å². The van der Waals surface area contributed by atoms with Crippen molar-refractivity contribution in [1.29, 1.82) is 0 Å². The zero-order valence-corrected chi connectivity index (χ0v) is 18.9. The molecule has 4 aromatic heterocycles. The van der Waals surface area contributed by atoms with Crippen LogP contribution in [0.15, 0.2) is 31.0 Å². The molecular formula is C23H25N7OS. The predicted octanol–water partition coefficient (Wildman–Crippen LogP) is 3.44. The van der Waals surface area contributed by atoms with Crippen LogP contribution in [0.2, 0.25) is 0 Å². The maximum Gasteiger partial charge on any atom is 0.183 e. The van der Waals surface area contributed by atoms with Crippen LogP contribution in [0.4, 0.5) is 5.82 Å². The van der Waals surface area contributed by atoms with E-state index >= 15 is 0 Å². The van der Waals surface area contributed by atoms with E-state index < -0.39 is 0 Å². The third-order valence-electron chi connectivity index (χ3n) is 6.18. The third kappa shape index (κ3) is 3.65. The minimum atomic E-state index is 0.0579. The Morgan fingerprint density at radius 2 is 2.09 bits per heavy atom. The monoisotopic (exact) mass is 447 g/mol. The van der Waals surface area contributed by atoms with Crippen LogP contribution in [0.5, 0.6) is 0 Å². The first-order valence-corrected chi connectivity index (χ1v) is 12.0. The van der Waals surface area contributed by atoms with E-state index in [0.29, 0.717) is 18.1 Å². The molecule has 0 aromatic carbocycles. The fourth-order valence-electron chi connectivity index (χ4n) is 4.69. The SMILES string of the molecule is Cc1cnn(CC2CN(c3nc(-c4cnccn4)nc4sc5c(c34)CCCC5)CCO2)c1. The average Bonchev–Trinajstić information content (AvgIpc) is 3.42. The number of aryl methyl sites for hydroxylation is 3. The first-order chi connectivity index (χ1) is 15.7. The number of rotatable bonds is 4. The van der Waals surface area contributed by atoms with E-state index in [1.165, 1.54) is 28.7 Å². The molecule has 0 bridgehead atoms. The summed E-state index contributed by atoms with van der Waals surface area (Å²) >= 11 is 1.82. The Balaban J connectivity index is 1.41. The Labute approximate surface area is 190 Å². The summed E-state index contributed by atoms with van der Waals surface area (Å²) in [6.07, 6.45) is 13.8. The second-order valence-electron chi connectivity index (χ2n) is 8.53. The first kappa shape index (κ1) is 19.8. The highest BCUT2D eigenvalue weighted by atomic mass is 32.1. The van der Waals surface area contributed by atoms with E-state index in [1.54, 1.807) is 18.6 Å². The summed E-state index contributed by atoms with van der Waals surface area (Å²) in [6, 6.07) is 0. The van der Waals surface area contributed by atoms with Gasteiger partial charge in [-0.15, -0.1) is 11.3 Å². The van der Waals surface area contributed by atoms with E-state index in [1.807, 2.05) is 22.2 Å². The number of morpholine rings is 1. The minimum Gasteiger partial charge on any atom is -0.373 e. The van der Waals surface area contributed by atoms with Crippen molar-refractivity contribution >= 4 is 27.4 Å². The molecule has 4 aromatic rings. The Morgan fingerprint density at radius 3 is 2.94 bits per heavy atom. The van der Waals surface area contributed by atoms with Gasteiger partial charge in [0.15, 0.2) is 5.82 Å². The van der Waals surface area contributed by atoms with Crippen LogP contribution in [-0.4, -0.2) is 55.5 Å². The van der Waals surface area contributed by atoms with E-state index in [4.69, 9.17) is 14.7 Å². The Bertz CT molecular complexity index is 1250. The lowest BCUT2D eigenvalue weighted by atomic mass is 9.97. The molecule has 164 valence electrons. The number of hydrogen-bond donors (Lipinski definition) is 0. The summed E-state index contributed by atoms with van der Waals surface area (Å²) in [5.74, 6) is 1.66. The molecule has 5 heterocycles. The average molecular weight is 448 g/mol. The summed E-state index contributed by atoms with van der Waals surface area (Å²) in [4.78, 5) is 23.6. The zero-order chi connectivity index (χ0) is 21.5. The number of hydrogen-bond acceptors (Lipinski definition) is 8. The van der Waals surface area contributed by atoms with Crippen LogP contribution in [0, 0.1) is 6.92 Å². The van der Waals surface area contributed by atoms with Crippen molar-refractivity contribution in [1.82, 2.24) is 29.7 Å². The van der Waals surface area contributed by atoms with Crippen molar-refractivity contribution in [2.24, 2.45) is 0 Å². The molecule has 1 saturated heterocycles. The molecule has 0 N–H and O–H groups in total. The van der Waals surface area contributed by atoms with Gasteiger partial charge in [-0.25, -0.2) is 15.0 Å². The summed E-state index contributed by atoms with van der Waals surface area (Å²) < 4.78 is 8.07. The highest BCUT2D eigenvalue weighted by Crippen LogP contribution is 2.41. The third-order valence-corrected chi connectivity index (χ3v) is 7.36. The Kier molecular flexibility index (Phi) is 5.07. The fraction of sp³-hybridized carbons (Fsp3) is 0.435. The fourth-order valence-corrected chi connectivity index (χ4v) is 5.95. The molecule has 6 rings (SSSR count). The molecule has 1 aliphatic carbocycles. The number of fused-ring (bicyclic) bond motifs is 3. The van der Waals surface area contributed by atoms with Crippen LogP contribution in [0.3, 0.4) is 0 Å². The van der Waals surface area contributed by atoms with Gasteiger partial charge in [0, 0.05) is 36.6 Å². The van der Waals surface area contributed by atoms with Crippen LogP contribution < -0.4 is 4.90 Å². The molecule has 0 spiro atoms. The van der Waals surface area contributed by atoms with Crippen molar-refractivity contribution in [2.75, 3.05) is 24.6 Å². The molecule has 8 nitrogen and oxygen atoms in total. The van der Waals surface area contributed by atoms with Crippen LogP contribution in [0.1, 0.15) is 28.8 Å². The van der Waals surface area contributed by atoms with Gasteiger partial charge in [-0.05, 0) is 43.7 Å². The summed E-state index contributed by atoms with van der Waals surface area (Å²) in [5, 5.41) is 5.67. The number of thiophene rings is 1. The van der Waals surface area contributed by atoms with E-state index in [9.17, 15) is 0 Å². The molecule has 32 heavy (non-hydrogen) atoms. The summed E-state index contributed by atoms with van der Waals surface area (Å²) in [6.45, 7) is 5.05. The van der Waals surface area contributed by atoms with Crippen LogP contribution in [0.25, 0.3) is 21.7 Å². The van der Waals surface area contributed by atoms with Crippen molar-refractivity contribution in [3.63, 3.8) is 0 Å². The van der Waals surface area contributed by atoms with E-state index in [-0.39, 0.29) is 6.10 Å². The van der Waals surface area contributed by atoms with E-state index in [0.717, 1.165) is 48.7 Å². The maximum atomic E-state index is 6.10. The molecule has 1 fully saturated rings. The standard InChI is InChI=1S/C23H25N7OS/c1-15-10-26-30(12-15)14-16-13-29(8-9-31-16)22-20-17-4-2-3-5-19(17)32-23(20)28-21(27-22)18-11-24-6-7-25-18/h6-7,10-12,16H,2-5,8-9,13-14H2,1H3. The lowest BCUT2D eigenvalue weighted by molar-refractivity contribution is 0.0273. The van der Waals surface area contributed by atoms with Gasteiger partial charge in [-0.2, -0.15) is 5.10 Å². The van der Waals surface area contributed by atoms with Crippen LogP contribution in [-0.2, 0) is 24.1 Å². The first-order valence-electron chi connectivity index (χ1n) is 11.2. The highest BCUT2D eigenvalue weighted by molar-refractivity contribution is 7.19. The molecule has 1 aliphatic heterocycles. The van der Waals surface area contributed by atoms with Crippen molar-refractivity contribution in [3.05, 3.63) is 47.0 Å². The van der Waals surface area contributed by atoms with Crippen LogP contribution >= 0.6 is 11.3 Å². The Hall–Kier alpha value is -2.91. The molecule has 1 atom stereocenters. The second-order valence-corrected chi connectivity index (χ2v) is 9.61. The molecule has 0 saturated carbocycles. The van der Waals surface area contributed by atoms with Gasteiger partial charge in [-0.1, -0.05) is 0 Å². The molecular weight excluding hydrogens is 422 g/mol. The smallest absolute Gasteiger partial charge is 0.183 e. The lowest BCUT2D eigenvalue weighted by Gasteiger charge is -2.34. The number of anilines is 1. The van der Waals surface area contributed by atoms with Gasteiger partial charge in [0.25, 0.3) is 0 Å². The minimum absolute atomic E-state index is 0.0579. The van der Waals surface area contributed by atoms with Gasteiger partial charge >= 0.3 is 0 Å². The normalized spacial score (nSPS) is 18.8. The number of nitrogens with zero attached hydrogens (tertiary/aromatic N) is 7. The largest absolute Gasteiger partial charge is 0.373 e. The summed E-state index contributed by atoms with van der Waals surface area (Å²) in [7, 11) is 0. The van der Waals surface area contributed by atoms with Gasteiger partial charge in [0.05, 0.1) is 37.0 Å². The highest BCUT2D eigenvalue weighted by Gasteiger charge is 2.28. The molecule has 1 unspecified atom stereocenters.